The molecule has 2 amide bonds. The average molecular weight is 379 g/mol. The van der Waals surface area contributed by atoms with Crippen LogP contribution >= 0.6 is 15.9 Å². The van der Waals surface area contributed by atoms with E-state index in [4.69, 9.17) is 9.47 Å². The van der Waals surface area contributed by atoms with Crippen molar-refractivity contribution < 1.29 is 19.1 Å². The first-order valence-electron chi connectivity index (χ1n) is 6.70. The molecule has 0 aliphatic rings. The highest BCUT2D eigenvalue weighted by Gasteiger charge is 2.07. The van der Waals surface area contributed by atoms with Gasteiger partial charge in [-0.3, -0.25) is 20.4 Å². The summed E-state index contributed by atoms with van der Waals surface area (Å²) in [6, 6.07) is 13.6. The maximum absolute atomic E-state index is 11.8. The Labute approximate surface area is 141 Å². The lowest BCUT2D eigenvalue weighted by Gasteiger charge is -2.09. The molecule has 0 aliphatic carbocycles. The first-order valence-corrected chi connectivity index (χ1v) is 7.49. The van der Waals surface area contributed by atoms with Crippen molar-refractivity contribution >= 4 is 27.7 Å². The van der Waals surface area contributed by atoms with E-state index in [1.807, 2.05) is 0 Å². The predicted molar refractivity (Wildman–Crippen MR) is 88.2 cm³/mol. The Kier molecular flexibility index (Phi) is 5.99. The molecule has 0 bridgehead atoms. The molecule has 2 rings (SSSR count). The van der Waals surface area contributed by atoms with Gasteiger partial charge in [0.25, 0.3) is 11.8 Å². The lowest BCUT2D eigenvalue weighted by molar-refractivity contribution is -0.123. The molecule has 2 aromatic carbocycles. The molecule has 120 valence electrons. The van der Waals surface area contributed by atoms with E-state index in [-0.39, 0.29) is 6.61 Å². The molecular formula is C16H15BrN2O4. The summed E-state index contributed by atoms with van der Waals surface area (Å²) < 4.78 is 11.2. The highest BCUT2D eigenvalue weighted by atomic mass is 79.9. The van der Waals surface area contributed by atoms with E-state index in [9.17, 15) is 9.59 Å². The zero-order valence-electron chi connectivity index (χ0n) is 12.3. The Balaban J connectivity index is 1.76. The highest BCUT2D eigenvalue weighted by Crippen LogP contribution is 2.16. The van der Waals surface area contributed by atoms with Crippen LogP contribution in [-0.2, 0) is 4.79 Å². The number of rotatable bonds is 5. The van der Waals surface area contributed by atoms with Gasteiger partial charge in [-0.25, -0.2) is 0 Å². The number of hydrogen-bond donors (Lipinski definition) is 2. The number of benzene rings is 2. The summed E-state index contributed by atoms with van der Waals surface area (Å²) >= 11 is 3.28. The molecular weight excluding hydrogens is 364 g/mol. The second-order valence-corrected chi connectivity index (χ2v) is 5.39. The van der Waals surface area contributed by atoms with Gasteiger partial charge in [0.05, 0.1) is 7.11 Å². The lowest BCUT2D eigenvalue weighted by atomic mass is 10.2. The van der Waals surface area contributed by atoms with E-state index >= 15 is 0 Å². The van der Waals surface area contributed by atoms with Crippen molar-refractivity contribution in [2.24, 2.45) is 0 Å². The topological polar surface area (TPSA) is 76.7 Å². The minimum Gasteiger partial charge on any atom is -0.497 e. The number of methoxy groups -OCH3 is 1. The molecule has 0 saturated carbocycles. The quantitative estimate of drug-likeness (QED) is 0.782. The standard InChI is InChI=1S/C16H15BrN2O4/c1-22-13-6-8-14(9-7-13)23-10-15(20)18-19-16(21)11-2-4-12(17)5-3-11/h2-9H,10H2,1H3,(H,18,20)(H,19,21). The third-order valence-corrected chi connectivity index (χ3v) is 3.38. The number of hydrogen-bond acceptors (Lipinski definition) is 4. The highest BCUT2D eigenvalue weighted by molar-refractivity contribution is 9.10. The monoisotopic (exact) mass is 378 g/mol. The van der Waals surface area contributed by atoms with Gasteiger partial charge in [-0.05, 0) is 48.5 Å². The fourth-order valence-corrected chi connectivity index (χ4v) is 1.92. The zero-order chi connectivity index (χ0) is 16.7. The van der Waals surface area contributed by atoms with E-state index in [1.165, 1.54) is 0 Å². The number of nitrogens with one attached hydrogen (secondary N) is 2. The Morgan fingerprint density at radius 3 is 2.17 bits per heavy atom. The summed E-state index contributed by atoms with van der Waals surface area (Å²) in [5.74, 6) is 0.352. The van der Waals surface area contributed by atoms with Crippen molar-refractivity contribution in [3.8, 4) is 11.5 Å². The van der Waals surface area contributed by atoms with Gasteiger partial charge in [-0.15, -0.1) is 0 Å². The molecule has 0 aliphatic heterocycles. The molecule has 23 heavy (non-hydrogen) atoms. The Morgan fingerprint density at radius 2 is 1.57 bits per heavy atom. The maximum atomic E-state index is 11.8. The summed E-state index contributed by atoms with van der Waals surface area (Å²) in [7, 11) is 1.57. The van der Waals surface area contributed by atoms with Crippen molar-refractivity contribution in [3.05, 3.63) is 58.6 Å². The van der Waals surface area contributed by atoms with Crippen LogP contribution in [0.1, 0.15) is 10.4 Å². The Morgan fingerprint density at radius 1 is 0.957 bits per heavy atom. The van der Waals surface area contributed by atoms with Crippen molar-refractivity contribution in [1.29, 1.82) is 0 Å². The van der Waals surface area contributed by atoms with Gasteiger partial charge < -0.3 is 9.47 Å². The Hall–Kier alpha value is -2.54. The normalized spacial score (nSPS) is 9.83. The second-order valence-electron chi connectivity index (χ2n) is 4.47. The zero-order valence-corrected chi connectivity index (χ0v) is 13.9. The van der Waals surface area contributed by atoms with E-state index in [0.717, 1.165) is 4.47 Å². The predicted octanol–water partition coefficient (Wildman–Crippen LogP) is 2.30. The molecule has 0 radical (unpaired) electrons. The number of carbonyl (C=O) groups is 2. The average Bonchev–Trinajstić information content (AvgIpc) is 2.59. The summed E-state index contributed by atoms with van der Waals surface area (Å²) in [5.41, 5.74) is 5.04. The number of carbonyl (C=O) groups excluding carboxylic acids is 2. The molecule has 2 N–H and O–H groups in total. The van der Waals surface area contributed by atoms with Crippen LogP contribution in [0, 0.1) is 0 Å². The minimum absolute atomic E-state index is 0.215. The van der Waals surface area contributed by atoms with Crippen molar-refractivity contribution in [1.82, 2.24) is 10.9 Å². The van der Waals surface area contributed by atoms with Crippen LogP contribution in [0.4, 0.5) is 0 Å². The molecule has 0 aromatic heterocycles. The van der Waals surface area contributed by atoms with Crippen LogP contribution in [0.15, 0.2) is 53.0 Å². The van der Waals surface area contributed by atoms with Gasteiger partial charge in [0.15, 0.2) is 6.61 Å². The molecule has 2 aromatic rings. The van der Waals surface area contributed by atoms with E-state index < -0.39 is 11.8 Å². The SMILES string of the molecule is COc1ccc(OCC(=O)NNC(=O)c2ccc(Br)cc2)cc1. The van der Waals surface area contributed by atoms with Gasteiger partial charge in [-0.1, -0.05) is 15.9 Å². The largest absolute Gasteiger partial charge is 0.497 e. The molecule has 0 atom stereocenters. The number of hydrazine groups is 1. The number of ether oxygens (including phenoxy) is 2. The second kappa shape index (κ2) is 8.19. The van der Waals surface area contributed by atoms with Crippen LogP contribution in [0.25, 0.3) is 0 Å². The van der Waals surface area contributed by atoms with Gasteiger partial charge in [-0.2, -0.15) is 0 Å². The van der Waals surface area contributed by atoms with Gasteiger partial charge in [0.2, 0.25) is 0 Å². The Bertz CT molecular complexity index is 671. The van der Waals surface area contributed by atoms with Gasteiger partial charge in [0, 0.05) is 10.0 Å². The number of halogens is 1. The first-order chi connectivity index (χ1) is 11.1. The van der Waals surface area contributed by atoms with Crippen molar-refractivity contribution in [2.75, 3.05) is 13.7 Å². The summed E-state index contributed by atoms with van der Waals surface area (Å²) in [6.45, 7) is -0.215. The molecule has 7 heteroatoms. The molecule has 0 spiro atoms. The third-order valence-electron chi connectivity index (χ3n) is 2.85. The van der Waals surface area contributed by atoms with E-state index in [2.05, 4.69) is 26.8 Å². The van der Waals surface area contributed by atoms with Crippen molar-refractivity contribution in [2.45, 2.75) is 0 Å². The molecule has 0 fully saturated rings. The van der Waals surface area contributed by atoms with E-state index in [0.29, 0.717) is 17.1 Å². The number of amides is 2. The molecule has 0 unspecified atom stereocenters. The van der Waals surface area contributed by atoms with E-state index in [1.54, 1.807) is 55.6 Å². The van der Waals surface area contributed by atoms with Crippen LogP contribution in [0.2, 0.25) is 0 Å². The summed E-state index contributed by atoms with van der Waals surface area (Å²) in [6.07, 6.45) is 0. The smallest absolute Gasteiger partial charge is 0.276 e. The van der Waals surface area contributed by atoms with Crippen LogP contribution < -0.4 is 20.3 Å². The van der Waals surface area contributed by atoms with Crippen LogP contribution in [-0.4, -0.2) is 25.5 Å². The lowest BCUT2D eigenvalue weighted by Crippen LogP contribution is -2.43. The fraction of sp³-hybridized carbons (Fsp3) is 0.125. The fourth-order valence-electron chi connectivity index (χ4n) is 1.66. The molecule has 0 heterocycles. The van der Waals surface area contributed by atoms with Crippen molar-refractivity contribution in [3.63, 3.8) is 0 Å². The van der Waals surface area contributed by atoms with Gasteiger partial charge >= 0.3 is 0 Å². The van der Waals surface area contributed by atoms with Crippen LogP contribution in [0.5, 0.6) is 11.5 Å². The van der Waals surface area contributed by atoms with Crippen LogP contribution in [0.3, 0.4) is 0 Å². The summed E-state index contributed by atoms with van der Waals surface area (Å²) in [4.78, 5) is 23.5. The minimum atomic E-state index is -0.466. The third kappa shape index (κ3) is 5.30. The van der Waals surface area contributed by atoms with Gasteiger partial charge in [0.1, 0.15) is 11.5 Å². The molecule has 6 nitrogen and oxygen atoms in total. The molecule has 0 saturated heterocycles. The summed E-state index contributed by atoms with van der Waals surface area (Å²) in [5, 5.41) is 0. The maximum Gasteiger partial charge on any atom is 0.276 e. The first kappa shape index (κ1) is 16.8.